The van der Waals surface area contributed by atoms with Gasteiger partial charge in [0, 0.05) is 18.9 Å². The van der Waals surface area contributed by atoms with E-state index < -0.39 is 12.0 Å². The zero-order valence-corrected chi connectivity index (χ0v) is 5.54. The topological polar surface area (TPSA) is 12.0 Å². The molecule has 0 amide bonds. The van der Waals surface area contributed by atoms with Crippen LogP contribution in [0.15, 0.2) is 0 Å². The van der Waals surface area contributed by atoms with Crippen LogP contribution in [0.25, 0.3) is 0 Å². The molecule has 1 saturated carbocycles. The molecule has 0 aromatic carbocycles. The maximum absolute atomic E-state index is 12.4. The van der Waals surface area contributed by atoms with Gasteiger partial charge in [-0.1, -0.05) is 0 Å². The second-order valence-corrected chi connectivity index (χ2v) is 2.76. The van der Waals surface area contributed by atoms with Crippen LogP contribution in [0.2, 0.25) is 0 Å². The zero-order chi connectivity index (χ0) is 7.61. The average Bonchev–Trinajstić information content (AvgIpc) is 1.86. The quantitative estimate of drug-likeness (QED) is 0.568. The summed E-state index contributed by atoms with van der Waals surface area (Å²) in [7, 11) is 0. The first-order chi connectivity index (χ1) is 4.64. The molecule has 0 spiro atoms. The van der Waals surface area contributed by atoms with Crippen LogP contribution in [0.1, 0.15) is 25.7 Å². The monoisotopic (exact) mass is 153 g/mol. The summed E-state index contributed by atoms with van der Waals surface area (Å²) in [4.78, 5) is 0. The smallest absolute Gasteiger partial charge is 0.207 e. The predicted molar refractivity (Wildman–Crippen MR) is 31.4 cm³/mol. The SMILES string of the molecule is FNC1CCCC(F)(F)C1. The highest BCUT2D eigenvalue weighted by Crippen LogP contribution is 2.32. The highest BCUT2D eigenvalue weighted by molar-refractivity contribution is 4.80. The molecule has 1 aliphatic carbocycles. The van der Waals surface area contributed by atoms with Gasteiger partial charge in [-0.3, -0.25) is 0 Å². The van der Waals surface area contributed by atoms with Gasteiger partial charge in [-0.25, -0.2) is 8.78 Å². The normalized spacial score (nSPS) is 32.1. The van der Waals surface area contributed by atoms with Crippen molar-refractivity contribution in [3.63, 3.8) is 0 Å². The lowest BCUT2D eigenvalue weighted by Crippen LogP contribution is -2.35. The third kappa shape index (κ3) is 1.87. The predicted octanol–water partition coefficient (Wildman–Crippen LogP) is 2.04. The Hall–Kier alpha value is -0.250. The van der Waals surface area contributed by atoms with Gasteiger partial charge in [0.15, 0.2) is 0 Å². The van der Waals surface area contributed by atoms with Crippen LogP contribution >= 0.6 is 0 Å². The molecule has 60 valence electrons. The highest BCUT2D eigenvalue weighted by Gasteiger charge is 2.36. The fraction of sp³-hybridized carbons (Fsp3) is 1.00. The van der Waals surface area contributed by atoms with Crippen molar-refractivity contribution in [2.24, 2.45) is 0 Å². The van der Waals surface area contributed by atoms with E-state index in [1.54, 1.807) is 0 Å². The summed E-state index contributed by atoms with van der Waals surface area (Å²) >= 11 is 0. The second-order valence-electron chi connectivity index (χ2n) is 2.76. The molecule has 1 rings (SSSR count). The largest absolute Gasteiger partial charge is 0.249 e. The van der Waals surface area contributed by atoms with Crippen molar-refractivity contribution in [3.05, 3.63) is 0 Å². The van der Waals surface area contributed by atoms with Crippen LogP contribution in [0.3, 0.4) is 0 Å². The molecule has 0 heterocycles. The van der Waals surface area contributed by atoms with E-state index in [4.69, 9.17) is 0 Å². The summed E-state index contributed by atoms with van der Waals surface area (Å²) in [6.07, 6.45) is 0.482. The highest BCUT2D eigenvalue weighted by atomic mass is 19.3. The third-order valence-electron chi connectivity index (χ3n) is 1.79. The molecule has 0 saturated heterocycles. The van der Waals surface area contributed by atoms with Gasteiger partial charge in [0.2, 0.25) is 5.92 Å². The Morgan fingerprint density at radius 3 is 2.50 bits per heavy atom. The molecule has 1 aliphatic rings. The summed E-state index contributed by atoms with van der Waals surface area (Å²) < 4.78 is 36.5. The fourth-order valence-corrected chi connectivity index (χ4v) is 1.26. The molecular weight excluding hydrogens is 143 g/mol. The van der Waals surface area contributed by atoms with Crippen LogP contribution < -0.4 is 5.54 Å². The Morgan fingerprint density at radius 2 is 2.10 bits per heavy atom. The van der Waals surface area contributed by atoms with Crippen molar-refractivity contribution in [3.8, 4) is 0 Å². The molecule has 1 fully saturated rings. The number of halogens is 3. The lowest BCUT2D eigenvalue weighted by Gasteiger charge is -2.26. The Labute approximate surface area is 57.5 Å². The zero-order valence-electron chi connectivity index (χ0n) is 5.54. The number of hydrogen-bond donors (Lipinski definition) is 1. The van der Waals surface area contributed by atoms with Gasteiger partial charge in [-0.15, -0.1) is 4.48 Å². The Balaban J connectivity index is 2.40. The number of hydrogen-bond acceptors (Lipinski definition) is 1. The van der Waals surface area contributed by atoms with Gasteiger partial charge in [-0.05, 0) is 12.8 Å². The van der Waals surface area contributed by atoms with Crippen molar-refractivity contribution in [1.82, 2.24) is 5.54 Å². The van der Waals surface area contributed by atoms with E-state index in [9.17, 15) is 13.3 Å². The van der Waals surface area contributed by atoms with Gasteiger partial charge in [0.05, 0.1) is 0 Å². The first kappa shape index (κ1) is 7.85. The van der Waals surface area contributed by atoms with E-state index >= 15 is 0 Å². The van der Waals surface area contributed by atoms with Crippen molar-refractivity contribution < 1.29 is 13.3 Å². The Bertz CT molecular complexity index is 116. The molecule has 0 aliphatic heterocycles. The summed E-state index contributed by atoms with van der Waals surface area (Å²) in [5, 5.41) is 0. The third-order valence-corrected chi connectivity index (χ3v) is 1.79. The van der Waals surface area contributed by atoms with Gasteiger partial charge in [0.1, 0.15) is 0 Å². The van der Waals surface area contributed by atoms with E-state index in [2.05, 4.69) is 0 Å². The second kappa shape index (κ2) is 2.78. The van der Waals surface area contributed by atoms with E-state index in [0.29, 0.717) is 12.8 Å². The Morgan fingerprint density at radius 1 is 1.40 bits per heavy atom. The molecule has 10 heavy (non-hydrogen) atoms. The maximum atomic E-state index is 12.4. The van der Waals surface area contributed by atoms with E-state index in [1.165, 1.54) is 5.54 Å². The molecule has 0 aromatic heterocycles. The van der Waals surface area contributed by atoms with Crippen LogP contribution in [-0.4, -0.2) is 12.0 Å². The molecule has 1 N–H and O–H groups in total. The van der Waals surface area contributed by atoms with E-state index in [1.807, 2.05) is 0 Å². The van der Waals surface area contributed by atoms with Crippen molar-refractivity contribution in [1.29, 1.82) is 0 Å². The lowest BCUT2D eigenvalue weighted by atomic mass is 9.93. The molecule has 1 nitrogen and oxygen atoms in total. The van der Waals surface area contributed by atoms with E-state index in [0.717, 1.165) is 0 Å². The molecule has 0 radical (unpaired) electrons. The Kier molecular flexibility index (Phi) is 2.18. The van der Waals surface area contributed by atoms with Crippen molar-refractivity contribution >= 4 is 0 Å². The molecule has 1 atom stereocenters. The number of rotatable bonds is 1. The number of alkyl halides is 2. The first-order valence-electron chi connectivity index (χ1n) is 3.38. The summed E-state index contributed by atoms with van der Waals surface area (Å²) in [5.41, 5.74) is 1.38. The van der Waals surface area contributed by atoms with Crippen molar-refractivity contribution in [2.75, 3.05) is 0 Å². The van der Waals surface area contributed by atoms with Gasteiger partial charge >= 0.3 is 0 Å². The van der Waals surface area contributed by atoms with Crippen LogP contribution in [-0.2, 0) is 0 Å². The average molecular weight is 153 g/mol. The van der Waals surface area contributed by atoms with Gasteiger partial charge in [0.25, 0.3) is 0 Å². The molecule has 1 unspecified atom stereocenters. The first-order valence-corrected chi connectivity index (χ1v) is 3.38. The standard InChI is InChI=1S/C6H10F3N/c7-6(8)3-1-2-5(4-6)10-9/h5,10H,1-4H2. The van der Waals surface area contributed by atoms with Crippen molar-refractivity contribution in [2.45, 2.75) is 37.6 Å². The summed E-state index contributed by atoms with van der Waals surface area (Å²) in [5.74, 6) is -2.65. The van der Waals surface area contributed by atoms with Gasteiger partial charge < -0.3 is 0 Å². The van der Waals surface area contributed by atoms with Gasteiger partial charge in [-0.2, -0.15) is 5.54 Å². The minimum atomic E-state index is -2.65. The molecule has 0 aromatic rings. The number of nitrogens with one attached hydrogen (secondary N) is 1. The minimum Gasteiger partial charge on any atom is -0.207 e. The van der Waals surface area contributed by atoms with Crippen LogP contribution in [0.4, 0.5) is 13.3 Å². The summed E-state index contributed by atoms with van der Waals surface area (Å²) in [6, 6.07) is -0.635. The lowest BCUT2D eigenvalue weighted by molar-refractivity contribution is -0.0515. The maximum Gasteiger partial charge on any atom is 0.249 e. The summed E-state index contributed by atoms with van der Waals surface area (Å²) in [6.45, 7) is 0. The molecule has 4 heteroatoms. The molecular formula is C6H10F3N. The molecule has 0 bridgehead atoms. The fourth-order valence-electron chi connectivity index (χ4n) is 1.26. The van der Waals surface area contributed by atoms with Crippen LogP contribution in [0.5, 0.6) is 0 Å². The van der Waals surface area contributed by atoms with Crippen LogP contribution in [0, 0.1) is 0 Å². The minimum absolute atomic E-state index is 0.0921. The van der Waals surface area contributed by atoms with E-state index in [-0.39, 0.29) is 12.8 Å².